The molecule has 0 unspecified atom stereocenters. The first-order valence-corrected chi connectivity index (χ1v) is 12.0. The van der Waals surface area contributed by atoms with Gasteiger partial charge in [-0.25, -0.2) is 0 Å². The van der Waals surface area contributed by atoms with Crippen LogP contribution in [0.15, 0.2) is 58.1 Å². The van der Waals surface area contributed by atoms with Crippen molar-refractivity contribution in [2.45, 2.75) is 34.1 Å². The lowest BCUT2D eigenvalue weighted by Gasteiger charge is -2.20. The molecule has 1 N–H and O–H groups in total. The highest BCUT2D eigenvalue weighted by Crippen LogP contribution is 2.30. The number of ether oxygens (including phenoxy) is 2. The molecule has 2 aliphatic heterocycles. The zero-order chi connectivity index (χ0) is 24.2. The fraction of sp³-hybridized carbons (Fsp3) is 0.308. The van der Waals surface area contributed by atoms with E-state index in [9.17, 15) is 4.79 Å². The van der Waals surface area contributed by atoms with Gasteiger partial charge in [0.25, 0.3) is 5.91 Å². The highest BCUT2D eigenvalue weighted by molar-refractivity contribution is 8.26. The molecule has 0 saturated carbocycles. The van der Waals surface area contributed by atoms with Crippen molar-refractivity contribution in [2.24, 2.45) is 16.0 Å². The number of nitrogens with zero attached hydrogens (tertiary/aromatic N) is 3. The third-order valence-electron chi connectivity index (χ3n) is 5.28. The molecule has 0 radical (unpaired) electrons. The zero-order valence-electron chi connectivity index (χ0n) is 19.8. The summed E-state index contributed by atoms with van der Waals surface area (Å²) in [7, 11) is 0. The highest BCUT2D eigenvalue weighted by atomic mass is 32.2. The number of rotatable bonds is 8. The number of thioether (sulfide) groups is 1. The number of benzene rings is 2. The van der Waals surface area contributed by atoms with Crippen molar-refractivity contribution in [2.75, 3.05) is 13.2 Å². The first-order valence-electron chi connectivity index (χ1n) is 11.2. The Kier molecular flexibility index (Phi) is 7.17. The van der Waals surface area contributed by atoms with E-state index in [0.29, 0.717) is 30.0 Å². The number of hydrazone groups is 1. The van der Waals surface area contributed by atoms with Gasteiger partial charge in [0.1, 0.15) is 29.8 Å². The summed E-state index contributed by atoms with van der Waals surface area (Å²) in [5, 5.41) is 15.7. The van der Waals surface area contributed by atoms with Crippen LogP contribution < -0.4 is 9.47 Å². The van der Waals surface area contributed by atoms with E-state index in [-0.39, 0.29) is 11.4 Å². The summed E-state index contributed by atoms with van der Waals surface area (Å²) in [5.41, 5.74) is 3.20. The van der Waals surface area contributed by atoms with Gasteiger partial charge in [0.15, 0.2) is 5.84 Å². The molecular weight excluding hydrogens is 448 g/mol. The van der Waals surface area contributed by atoms with Gasteiger partial charge in [-0.2, -0.15) is 15.1 Å². The summed E-state index contributed by atoms with van der Waals surface area (Å²) in [5.74, 6) is 1.66. The average Bonchev–Trinajstić information content (AvgIpc) is 3.18. The number of fused-ring (bicyclic) bond motifs is 1. The summed E-state index contributed by atoms with van der Waals surface area (Å²) < 4.78 is 11.7. The summed E-state index contributed by atoms with van der Waals surface area (Å²) in [6.07, 6.45) is 2.46. The second-order valence-corrected chi connectivity index (χ2v) is 9.64. The fourth-order valence-corrected chi connectivity index (χ4v) is 4.72. The van der Waals surface area contributed by atoms with E-state index in [0.717, 1.165) is 33.9 Å². The van der Waals surface area contributed by atoms with Gasteiger partial charge < -0.3 is 9.47 Å². The minimum absolute atomic E-state index is 0.0465. The Morgan fingerprint density at radius 3 is 2.41 bits per heavy atom. The molecule has 4 rings (SSSR count). The highest BCUT2D eigenvalue weighted by Gasteiger charge is 2.35. The van der Waals surface area contributed by atoms with Crippen molar-refractivity contribution < 1.29 is 14.3 Å². The van der Waals surface area contributed by atoms with Crippen LogP contribution in [0.2, 0.25) is 0 Å². The molecule has 34 heavy (non-hydrogen) atoms. The molecule has 0 bridgehead atoms. The molecule has 2 aliphatic rings. The lowest BCUT2D eigenvalue weighted by molar-refractivity contribution is -0.114. The predicted octanol–water partition coefficient (Wildman–Crippen LogP) is 5.43. The minimum atomic E-state index is -0.422. The number of nitrogens with one attached hydrogen (secondary N) is 1. The molecule has 176 valence electrons. The summed E-state index contributed by atoms with van der Waals surface area (Å²) >= 11 is 1.36. The topological polar surface area (TPSA) is 87.3 Å². The van der Waals surface area contributed by atoms with Gasteiger partial charge in [0.2, 0.25) is 5.17 Å². The Hall–Kier alpha value is -3.39. The first kappa shape index (κ1) is 23.8. The molecule has 7 nitrogen and oxygen atoms in total. The van der Waals surface area contributed by atoms with Gasteiger partial charge in [-0.3, -0.25) is 10.2 Å². The summed E-state index contributed by atoms with van der Waals surface area (Å²) in [6, 6.07) is 13.4. The second-order valence-electron chi connectivity index (χ2n) is 8.60. The zero-order valence-corrected chi connectivity index (χ0v) is 20.6. The standard InChI is InChI=1S/C26H28N4O3S/c1-16(2)14-22-29-30-24(27)21(25(31)28-26(30)34-22)15-19-8-10-20(11-9-19)32-12-13-33-23-17(3)6-5-7-18(23)4/h5-11,15-16,27H,12-14H2,1-4H3/b21-15+,27-24?. The number of amidine groups is 2. The molecule has 0 aromatic heterocycles. The molecular formula is C26H28N4O3S. The van der Waals surface area contributed by atoms with E-state index >= 15 is 0 Å². The van der Waals surface area contributed by atoms with Crippen molar-refractivity contribution in [3.05, 3.63) is 64.7 Å². The molecule has 0 atom stereocenters. The molecule has 0 fully saturated rings. The van der Waals surface area contributed by atoms with Gasteiger partial charge in [0, 0.05) is 6.42 Å². The van der Waals surface area contributed by atoms with E-state index < -0.39 is 5.91 Å². The quantitative estimate of drug-likeness (QED) is 0.406. The molecule has 0 spiro atoms. The van der Waals surface area contributed by atoms with Gasteiger partial charge in [0.05, 0.1) is 5.57 Å². The fourth-order valence-electron chi connectivity index (χ4n) is 3.62. The number of aliphatic imine (C=N–C) groups is 1. The molecule has 2 aromatic carbocycles. The Bertz CT molecular complexity index is 1180. The van der Waals surface area contributed by atoms with Crippen LogP contribution in [0.3, 0.4) is 0 Å². The molecule has 0 saturated heterocycles. The minimum Gasteiger partial charge on any atom is -0.490 e. The smallest absolute Gasteiger partial charge is 0.283 e. The van der Waals surface area contributed by atoms with Crippen LogP contribution in [0.4, 0.5) is 0 Å². The van der Waals surface area contributed by atoms with Crippen molar-refractivity contribution in [3.8, 4) is 11.5 Å². The van der Waals surface area contributed by atoms with Gasteiger partial charge in [-0.05, 0) is 66.4 Å². The Labute approximate surface area is 204 Å². The van der Waals surface area contributed by atoms with E-state index in [4.69, 9.17) is 14.9 Å². The van der Waals surface area contributed by atoms with Crippen LogP contribution in [0, 0.1) is 25.2 Å². The van der Waals surface area contributed by atoms with Crippen molar-refractivity contribution >= 4 is 39.8 Å². The summed E-state index contributed by atoms with van der Waals surface area (Å²) in [6.45, 7) is 9.12. The van der Waals surface area contributed by atoms with Gasteiger partial charge in [-0.15, -0.1) is 0 Å². The number of amides is 1. The number of carbonyl (C=O) groups excluding carboxylic acids is 1. The molecule has 1 amide bonds. The van der Waals surface area contributed by atoms with Crippen LogP contribution in [0.1, 0.15) is 37.0 Å². The van der Waals surface area contributed by atoms with Crippen LogP contribution in [0.5, 0.6) is 11.5 Å². The van der Waals surface area contributed by atoms with Crippen LogP contribution in [-0.4, -0.2) is 40.2 Å². The Balaban J connectivity index is 1.36. The van der Waals surface area contributed by atoms with Crippen molar-refractivity contribution in [1.29, 1.82) is 5.41 Å². The van der Waals surface area contributed by atoms with Gasteiger partial charge >= 0.3 is 0 Å². The predicted molar refractivity (Wildman–Crippen MR) is 138 cm³/mol. The van der Waals surface area contributed by atoms with Crippen molar-refractivity contribution in [1.82, 2.24) is 5.01 Å². The first-order chi connectivity index (χ1) is 16.3. The Morgan fingerprint density at radius 2 is 1.74 bits per heavy atom. The number of hydrogen-bond acceptors (Lipinski definition) is 6. The maximum Gasteiger partial charge on any atom is 0.283 e. The van der Waals surface area contributed by atoms with E-state index in [1.807, 2.05) is 56.3 Å². The molecule has 2 aromatic rings. The third kappa shape index (κ3) is 5.39. The lowest BCUT2D eigenvalue weighted by atomic mass is 10.1. The average molecular weight is 477 g/mol. The summed E-state index contributed by atoms with van der Waals surface area (Å²) in [4.78, 5) is 16.7. The van der Waals surface area contributed by atoms with Crippen LogP contribution >= 0.6 is 11.8 Å². The largest absolute Gasteiger partial charge is 0.490 e. The normalized spacial score (nSPS) is 16.6. The molecule has 0 aliphatic carbocycles. The second kappa shape index (κ2) is 10.3. The van der Waals surface area contributed by atoms with Gasteiger partial charge in [-0.1, -0.05) is 44.2 Å². The third-order valence-corrected chi connectivity index (χ3v) is 6.21. The lowest BCUT2D eigenvalue weighted by Crippen LogP contribution is -2.35. The van der Waals surface area contributed by atoms with Crippen LogP contribution in [0.25, 0.3) is 6.08 Å². The van der Waals surface area contributed by atoms with Crippen LogP contribution in [-0.2, 0) is 4.79 Å². The number of aryl methyl sites for hydroxylation is 2. The van der Waals surface area contributed by atoms with E-state index in [1.165, 1.54) is 16.8 Å². The molecule has 8 heteroatoms. The number of para-hydroxylation sites is 1. The molecule has 2 heterocycles. The Morgan fingerprint density at radius 1 is 1.06 bits per heavy atom. The monoisotopic (exact) mass is 476 g/mol. The SMILES string of the molecule is Cc1cccc(C)c1OCCOc1ccc(/C=C2\C(=N)N3N=C(CC(C)C)SC3=NC2=O)cc1. The van der Waals surface area contributed by atoms with E-state index in [1.54, 1.807) is 6.08 Å². The maximum atomic E-state index is 12.6. The van der Waals surface area contributed by atoms with Crippen molar-refractivity contribution in [3.63, 3.8) is 0 Å². The number of carbonyl (C=O) groups is 1. The number of hydrogen-bond donors (Lipinski definition) is 1. The van der Waals surface area contributed by atoms with E-state index in [2.05, 4.69) is 23.9 Å². The maximum absolute atomic E-state index is 12.6.